The number of anilines is 1. The van der Waals surface area contributed by atoms with Crippen molar-refractivity contribution in [2.75, 3.05) is 11.9 Å². The molecule has 0 fully saturated rings. The first kappa shape index (κ1) is 14.1. The van der Waals surface area contributed by atoms with E-state index in [1.165, 1.54) is 17.0 Å². The van der Waals surface area contributed by atoms with Gasteiger partial charge in [0.25, 0.3) is 0 Å². The largest absolute Gasteiger partial charge is 0.303 e. The molecule has 100 valence electrons. The van der Waals surface area contributed by atoms with Crippen LogP contribution in [-0.4, -0.2) is 13.0 Å². The van der Waals surface area contributed by atoms with Gasteiger partial charge in [0.15, 0.2) is 0 Å². The molecular weight excluding hydrogens is 277 g/mol. The number of carbonyl (C=O) groups excluding carboxylic acids is 1. The summed E-state index contributed by atoms with van der Waals surface area (Å²) in [7, 11) is 1.54. The summed E-state index contributed by atoms with van der Waals surface area (Å²) < 4.78 is 13.0. The maximum Gasteiger partial charge on any atom is 0.303 e. The maximum absolute atomic E-state index is 13.0. The van der Waals surface area contributed by atoms with Crippen molar-refractivity contribution in [1.82, 2.24) is 0 Å². The van der Waals surface area contributed by atoms with Crippen LogP contribution in [0, 0.1) is 17.7 Å². The molecule has 2 rings (SSSR count). The fourth-order valence-electron chi connectivity index (χ4n) is 1.59. The van der Waals surface area contributed by atoms with Crippen LogP contribution in [-0.2, 0) is 4.79 Å². The standard InChI is InChI=1S/C16H11ClFNO/c1-19(15-9-8-13(18)11-14(15)17)16(20)10-7-12-5-3-2-4-6-12/h2-6,8-9,11H,1H3. The summed E-state index contributed by atoms with van der Waals surface area (Å²) in [5.41, 5.74) is 1.17. The van der Waals surface area contributed by atoms with Crippen LogP contribution >= 0.6 is 11.6 Å². The normalized spacial score (nSPS) is 9.55. The third-order valence-electron chi connectivity index (χ3n) is 2.66. The van der Waals surface area contributed by atoms with Crippen LogP contribution in [0.4, 0.5) is 10.1 Å². The van der Waals surface area contributed by atoms with Crippen molar-refractivity contribution in [3.8, 4) is 11.8 Å². The Labute approximate surface area is 121 Å². The molecular formula is C16H11ClFNO. The molecule has 2 aromatic carbocycles. The number of carbonyl (C=O) groups is 1. The molecule has 0 radical (unpaired) electrons. The Morgan fingerprint density at radius 2 is 1.90 bits per heavy atom. The predicted octanol–water partition coefficient (Wildman–Crippen LogP) is 3.49. The van der Waals surface area contributed by atoms with Gasteiger partial charge in [0.05, 0.1) is 10.7 Å². The topological polar surface area (TPSA) is 20.3 Å². The van der Waals surface area contributed by atoms with Crippen LogP contribution in [0.5, 0.6) is 0 Å². The molecule has 2 nitrogen and oxygen atoms in total. The zero-order valence-electron chi connectivity index (χ0n) is 10.7. The Balaban J connectivity index is 2.19. The van der Waals surface area contributed by atoms with E-state index in [1.54, 1.807) is 7.05 Å². The summed E-state index contributed by atoms with van der Waals surface area (Å²) in [5, 5.41) is 0.169. The molecule has 0 unspecified atom stereocenters. The zero-order chi connectivity index (χ0) is 14.5. The molecule has 0 atom stereocenters. The highest BCUT2D eigenvalue weighted by atomic mass is 35.5. The van der Waals surface area contributed by atoms with E-state index in [0.717, 1.165) is 11.6 Å². The second kappa shape index (κ2) is 6.23. The van der Waals surface area contributed by atoms with Gasteiger partial charge >= 0.3 is 5.91 Å². The summed E-state index contributed by atoms with van der Waals surface area (Å²) in [4.78, 5) is 13.2. The van der Waals surface area contributed by atoms with E-state index in [-0.39, 0.29) is 5.02 Å². The van der Waals surface area contributed by atoms with Gasteiger partial charge in [0.2, 0.25) is 0 Å². The summed E-state index contributed by atoms with van der Waals surface area (Å²) in [6, 6.07) is 13.0. The van der Waals surface area contributed by atoms with Gasteiger partial charge in [0.1, 0.15) is 5.82 Å². The van der Waals surface area contributed by atoms with Gasteiger partial charge in [0, 0.05) is 18.5 Å². The van der Waals surface area contributed by atoms with E-state index >= 15 is 0 Å². The van der Waals surface area contributed by atoms with Gasteiger partial charge in [-0.3, -0.25) is 4.79 Å². The number of halogens is 2. The average molecular weight is 288 g/mol. The number of amides is 1. The molecule has 0 spiro atoms. The molecule has 0 aromatic heterocycles. The quantitative estimate of drug-likeness (QED) is 0.735. The SMILES string of the molecule is CN(C(=O)C#Cc1ccccc1)c1ccc(F)cc1Cl. The van der Waals surface area contributed by atoms with Gasteiger partial charge in [-0.15, -0.1) is 0 Å². The molecule has 0 aliphatic rings. The van der Waals surface area contributed by atoms with Gasteiger partial charge in [-0.2, -0.15) is 0 Å². The Kier molecular flexibility index (Phi) is 4.39. The van der Waals surface area contributed by atoms with Crippen LogP contribution in [0.1, 0.15) is 5.56 Å². The minimum absolute atomic E-state index is 0.169. The van der Waals surface area contributed by atoms with Crippen molar-refractivity contribution in [2.45, 2.75) is 0 Å². The smallest absolute Gasteiger partial charge is 0.303 e. The van der Waals surface area contributed by atoms with Crippen LogP contribution in [0.15, 0.2) is 48.5 Å². The summed E-state index contributed by atoms with van der Waals surface area (Å²) >= 11 is 5.90. The fourth-order valence-corrected chi connectivity index (χ4v) is 1.89. The van der Waals surface area contributed by atoms with E-state index in [2.05, 4.69) is 11.8 Å². The first-order valence-corrected chi connectivity index (χ1v) is 6.25. The average Bonchev–Trinajstić information content (AvgIpc) is 2.45. The van der Waals surface area contributed by atoms with Gasteiger partial charge in [-0.25, -0.2) is 4.39 Å². The molecule has 0 saturated heterocycles. The molecule has 0 saturated carbocycles. The third-order valence-corrected chi connectivity index (χ3v) is 2.97. The highest BCUT2D eigenvalue weighted by Crippen LogP contribution is 2.25. The van der Waals surface area contributed by atoms with Crippen LogP contribution in [0.2, 0.25) is 5.02 Å². The maximum atomic E-state index is 13.0. The van der Waals surface area contributed by atoms with E-state index < -0.39 is 11.7 Å². The van der Waals surface area contributed by atoms with Gasteiger partial charge in [-0.1, -0.05) is 35.7 Å². The number of benzene rings is 2. The number of hydrogen-bond donors (Lipinski definition) is 0. The lowest BCUT2D eigenvalue weighted by Crippen LogP contribution is -2.24. The lowest BCUT2D eigenvalue weighted by atomic mass is 10.2. The van der Waals surface area contributed by atoms with E-state index in [9.17, 15) is 9.18 Å². The van der Waals surface area contributed by atoms with Crippen molar-refractivity contribution < 1.29 is 9.18 Å². The van der Waals surface area contributed by atoms with E-state index in [1.807, 2.05) is 30.3 Å². The Hall–Kier alpha value is -2.31. The van der Waals surface area contributed by atoms with Crippen molar-refractivity contribution in [2.24, 2.45) is 0 Å². The first-order chi connectivity index (χ1) is 9.58. The third kappa shape index (κ3) is 3.37. The number of rotatable bonds is 1. The Bertz CT molecular complexity index is 689. The lowest BCUT2D eigenvalue weighted by Gasteiger charge is -2.15. The second-order valence-electron chi connectivity index (χ2n) is 4.08. The zero-order valence-corrected chi connectivity index (χ0v) is 11.5. The number of hydrogen-bond acceptors (Lipinski definition) is 1. The monoisotopic (exact) mass is 287 g/mol. The van der Waals surface area contributed by atoms with Crippen molar-refractivity contribution in [3.63, 3.8) is 0 Å². The first-order valence-electron chi connectivity index (χ1n) is 5.88. The van der Waals surface area contributed by atoms with Gasteiger partial charge in [-0.05, 0) is 30.3 Å². The minimum atomic E-state index is -0.449. The summed E-state index contributed by atoms with van der Waals surface area (Å²) in [6.07, 6.45) is 0. The van der Waals surface area contributed by atoms with E-state index in [0.29, 0.717) is 5.69 Å². The molecule has 0 bridgehead atoms. The Morgan fingerprint density at radius 3 is 2.55 bits per heavy atom. The van der Waals surface area contributed by atoms with Crippen molar-refractivity contribution in [1.29, 1.82) is 0 Å². The lowest BCUT2D eigenvalue weighted by molar-refractivity contribution is -0.113. The molecule has 20 heavy (non-hydrogen) atoms. The van der Waals surface area contributed by atoms with Crippen LogP contribution in [0.25, 0.3) is 0 Å². The molecule has 1 amide bonds. The summed E-state index contributed by atoms with van der Waals surface area (Å²) in [6.45, 7) is 0. The highest BCUT2D eigenvalue weighted by Gasteiger charge is 2.12. The molecule has 4 heteroatoms. The molecule has 0 aliphatic carbocycles. The van der Waals surface area contributed by atoms with E-state index in [4.69, 9.17) is 11.6 Å². The van der Waals surface area contributed by atoms with Crippen LogP contribution < -0.4 is 4.90 Å². The fraction of sp³-hybridized carbons (Fsp3) is 0.0625. The second-order valence-corrected chi connectivity index (χ2v) is 4.48. The number of nitrogens with zero attached hydrogens (tertiary/aromatic N) is 1. The molecule has 2 aromatic rings. The Morgan fingerprint density at radius 1 is 1.20 bits per heavy atom. The van der Waals surface area contributed by atoms with Crippen molar-refractivity contribution in [3.05, 3.63) is 64.9 Å². The van der Waals surface area contributed by atoms with Crippen LogP contribution in [0.3, 0.4) is 0 Å². The highest BCUT2D eigenvalue weighted by molar-refractivity contribution is 6.34. The predicted molar refractivity (Wildman–Crippen MR) is 78.1 cm³/mol. The molecule has 0 aliphatic heterocycles. The minimum Gasteiger partial charge on any atom is -0.303 e. The molecule has 0 heterocycles. The van der Waals surface area contributed by atoms with Gasteiger partial charge < -0.3 is 4.90 Å². The summed E-state index contributed by atoms with van der Waals surface area (Å²) in [5.74, 6) is 4.43. The molecule has 0 N–H and O–H groups in total. The van der Waals surface area contributed by atoms with Crippen molar-refractivity contribution >= 4 is 23.2 Å².